The molecule has 1 heterocycles. The molecule has 1 amide bonds. The molecular weight excluding hydrogens is 300 g/mol. The van der Waals surface area contributed by atoms with E-state index < -0.39 is 6.09 Å². The molecule has 0 spiro atoms. The van der Waals surface area contributed by atoms with Gasteiger partial charge in [0.2, 0.25) is 0 Å². The number of nitrogens with zero attached hydrogens (tertiary/aromatic N) is 1. The first-order valence-corrected chi connectivity index (χ1v) is 8.70. The molecule has 0 aromatic heterocycles. The van der Waals surface area contributed by atoms with Gasteiger partial charge in [-0.05, 0) is 25.0 Å². The summed E-state index contributed by atoms with van der Waals surface area (Å²) in [6, 6.07) is 10.0. The first kappa shape index (κ1) is 17.1. The van der Waals surface area contributed by atoms with E-state index in [1.807, 2.05) is 18.2 Å². The van der Waals surface area contributed by atoms with Gasteiger partial charge in [-0.15, -0.1) is 11.8 Å². The van der Waals surface area contributed by atoms with E-state index in [-0.39, 0.29) is 6.04 Å². The number of hydrogen-bond acceptors (Lipinski definition) is 4. The fraction of sp³-hybridized carbons (Fsp3) is 0.562. The molecule has 1 unspecified atom stereocenters. The van der Waals surface area contributed by atoms with Gasteiger partial charge >= 0.3 is 6.09 Å². The zero-order valence-electron chi connectivity index (χ0n) is 12.7. The van der Waals surface area contributed by atoms with Gasteiger partial charge in [0, 0.05) is 42.9 Å². The van der Waals surface area contributed by atoms with Gasteiger partial charge in [-0.3, -0.25) is 0 Å². The standard InChI is InChI=1S/C16H24N2O3S/c19-16(20)17-14(13-22-15-5-2-1-3-6-15)7-9-18-8-4-11-21-12-10-18/h1-3,5-6,14,17H,4,7-13H2,(H,19,20). The zero-order chi connectivity index (χ0) is 15.6. The predicted molar refractivity (Wildman–Crippen MR) is 88.6 cm³/mol. The Kier molecular flexibility index (Phi) is 7.56. The number of thioether (sulfide) groups is 1. The molecule has 0 bridgehead atoms. The van der Waals surface area contributed by atoms with Crippen LogP contribution in [0, 0.1) is 0 Å². The number of amides is 1. The van der Waals surface area contributed by atoms with E-state index in [1.54, 1.807) is 11.8 Å². The van der Waals surface area contributed by atoms with E-state index in [0.29, 0.717) is 0 Å². The minimum atomic E-state index is -0.946. The molecule has 1 saturated heterocycles. The minimum Gasteiger partial charge on any atom is -0.465 e. The average Bonchev–Trinajstić information content (AvgIpc) is 2.79. The van der Waals surface area contributed by atoms with Crippen molar-refractivity contribution in [2.75, 3.05) is 38.6 Å². The fourth-order valence-corrected chi connectivity index (χ4v) is 3.44. The largest absolute Gasteiger partial charge is 0.465 e. The lowest BCUT2D eigenvalue weighted by molar-refractivity contribution is 0.140. The van der Waals surface area contributed by atoms with E-state index in [9.17, 15) is 4.79 Å². The highest BCUT2D eigenvalue weighted by molar-refractivity contribution is 7.99. The Balaban J connectivity index is 1.78. The van der Waals surface area contributed by atoms with Gasteiger partial charge < -0.3 is 20.1 Å². The maximum atomic E-state index is 11.0. The molecule has 2 N–H and O–H groups in total. The van der Waals surface area contributed by atoms with Crippen LogP contribution in [0.2, 0.25) is 0 Å². The zero-order valence-corrected chi connectivity index (χ0v) is 13.6. The number of nitrogens with one attached hydrogen (secondary N) is 1. The number of hydrogen-bond donors (Lipinski definition) is 2. The summed E-state index contributed by atoms with van der Waals surface area (Å²) in [7, 11) is 0. The summed E-state index contributed by atoms with van der Waals surface area (Å²) in [6.45, 7) is 4.48. The van der Waals surface area contributed by atoms with Crippen molar-refractivity contribution < 1.29 is 14.6 Å². The first-order chi connectivity index (χ1) is 10.7. The Morgan fingerprint density at radius 1 is 1.32 bits per heavy atom. The van der Waals surface area contributed by atoms with Crippen molar-refractivity contribution in [2.24, 2.45) is 0 Å². The Labute approximate surface area is 136 Å². The third-order valence-electron chi connectivity index (χ3n) is 3.63. The van der Waals surface area contributed by atoms with Crippen molar-refractivity contribution in [2.45, 2.75) is 23.8 Å². The lowest BCUT2D eigenvalue weighted by Gasteiger charge is -2.23. The van der Waals surface area contributed by atoms with Crippen LogP contribution in [0.3, 0.4) is 0 Å². The number of carboxylic acid groups (broad SMARTS) is 1. The molecule has 122 valence electrons. The van der Waals surface area contributed by atoms with Crippen LogP contribution in [0.5, 0.6) is 0 Å². The molecule has 1 fully saturated rings. The van der Waals surface area contributed by atoms with E-state index in [2.05, 4.69) is 22.3 Å². The van der Waals surface area contributed by atoms with Crippen LogP contribution in [-0.4, -0.2) is 60.7 Å². The molecule has 1 aromatic rings. The van der Waals surface area contributed by atoms with Crippen molar-refractivity contribution in [1.82, 2.24) is 10.2 Å². The highest BCUT2D eigenvalue weighted by atomic mass is 32.2. The number of rotatable bonds is 7. The van der Waals surface area contributed by atoms with Crippen LogP contribution in [0.4, 0.5) is 4.79 Å². The van der Waals surface area contributed by atoms with Gasteiger partial charge in [0.1, 0.15) is 0 Å². The topological polar surface area (TPSA) is 61.8 Å². The van der Waals surface area contributed by atoms with Crippen molar-refractivity contribution in [1.29, 1.82) is 0 Å². The van der Waals surface area contributed by atoms with Crippen LogP contribution in [0.1, 0.15) is 12.8 Å². The molecule has 22 heavy (non-hydrogen) atoms. The molecule has 1 aromatic carbocycles. The molecule has 1 atom stereocenters. The van der Waals surface area contributed by atoms with Crippen molar-refractivity contribution in [3.8, 4) is 0 Å². The Bertz CT molecular complexity index is 436. The second-order valence-electron chi connectivity index (χ2n) is 5.37. The smallest absolute Gasteiger partial charge is 0.404 e. The maximum Gasteiger partial charge on any atom is 0.404 e. The van der Waals surface area contributed by atoms with Gasteiger partial charge in [0.25, 0.3) is 0 Å². The van der Waals surface area contributed by atoms with Gasteiger partial charge in [0.15, 0.2) is 0 Å². The van der Waals surface area contributed by atoms with Crippen LogP contribution in [-0.2, 0) is 4.74 Å². The Hall–Kier alpha value is -1.24. The summed E-state index contributed by atoms with van der Waals surface area (Å²) >= 11 is 1.69. The quantitative estimate of drug-likeness (QED) is 0.755. The second kappa shape index (κ2) is 9.71. The minimum absolute atomic E-state index is 0.0353. The lowest BCUT2D eigenvalue weighted by atomic mass is 10.2. The predicted octanol–water partition coefficient (Wildman–Crippen LogP) is 2.53. The summed E-state index contributed by atoms with van der Waals surface area (Å²) in [5.41, 5.74) is 0. The summed E-state index contributed by atoms with van der Waals surface area (Å²) in [6.07, 6.45) is 0.930. The molecule has 0 saturated carbocycles. The van der Waals surface area contributed by atoms with E-state index in [0.717, 1.165) is 51.4 Å². The number of benzene rings is 1. The van der Waals surface area contributed by atoms with Crippen molar-refractivity contribution >= 4 is 17.9 Å². The third-order valence-corrected chi connectivity index (χ3v) is 4.81. The van der Waals surface area contributed by atoms with Gasteiger partial charge in [0.05, 0.1) is 6.61 Å². The Morgan fingerprint density at radius 2 is 2.14 bits per heavy atom. The highest BCUT2D eigenvalue weighted by Crippen LogP contribution is 2.19. The number of ether oxygens (including phenoxy) is 1. The highest BCUT2D eigenvalue weighted by Gasteiger charge is 2.15. The van der Waals surface area contributed by atoms with E-state index >= 15 is 0 Å². The monoisotopic (exact) mass is 324 g/mol. The van der Waals surface area contributed by atoms with Gasteiger partial charge in [-0.25, -0.2) is 4.79 Å². The van der Waals surface area contributed by atoms with Crippen LogP contribution in [0.15, 0.2) is 35.2 Å². The molecule has 0 aliphatic carbocycles. The third kappa shape index (κ3) is 6.68. The molecule has 5 nitrogen and oxygen atoms in total. The summed E-state index contributed by atoms with van der Waals surface area (Å²) in [4.78, 5) is 14.5. The fourth-order valence-electron chi connectivity index (χ4n) is 2.45. The summed E-state index contributed by atoms with van der Waals surface area (Å²) in [5.74, 6) is 0.751. The summed E-state index contributed by atoms with van der Waals surface area (Å²) in [5, 5.41) is 11.7. The van der Waals surface area contributed by atoms with Crippen molar-refractivity contribution in [3.63, 3.8) is 0 Å². The van der Waals surface area contributed by atoms with Gasteiger partial charge in [-0.2, -0.15) is 0 Å². The molecule has 0 radical (unpaired) electrons. The van der Waals surface area contributed by atoms with E-state index in [4.69, 9.17) is 9.84 Å². The molecule has 1 aliphatic rings. The average molecular weight is 324 g/mol. The molecule has 6 heteroatoms. The number of carbonyl (C=O) groups is 1. The van der Waals surface area contributed by atoms with Crippen LogP contribution < -0.4 is 5.32 Å². The normalized spacial score (nSPS) is 17.6. The van der Waals surface area contributed by atoms with Crippen LogP contribution in [0.25, 0.3) is 0 Å². The Morgan fingerprint density at radius 3 is 2.91 bits per heavy atom. The first-order valence-electron chi connectivity index (χ1n) is 7.71. The molecule has 2 rings (SSSR count). The SMILES string of the molecule is O=C(O)NC(CCN1CCCOCC1)CSc1ccccc1. The second-order valence-corrected chi connectivity index (χ2v) is 6.46. The van der Waals surface area contributed by atoms with E-state index in [1.165, 1.54) is 4.90 Å². The summed E-state index contributed by atoms with van der Waals surface area (Å²) < 4.78 is 5.45. The maximum absolute atomic E-state index is 11.0. The molecular formula is C16H24N2O3S. The van der Waals surface area contributed by atoms with Crippen molar-refractivity contribution in [3.05, 3.63) is 30.3 Å². The van der Waals surface area contributed by atoms with Crippen LogP contribution >= 0.6 is 11.8 Å². The van der Waals surface area contributed by atoms with Gasteiger partial charge in [-0.1, -0.05) is 18.2 Å². The molecule has 1 aliphatic heterocycles. The lowest BCUT2D eigenvalue weighted by Crippen LogP contribution is -2.39.